The van der Waals surface area contributed by atoms with Crippen molar-refractivity contribution < 1.29 is 4.74 Å². The normalized spacial score (nSPS) is 18.1. The maximum absolute atomic E-state index is 5.28. The fourth-order valence-electron chi connectivity index (χ4n) is 2.31. The minimum absolute atomic E-state index is 0. The largest absolute Gasteiger partial charge is 0.380 e. The highest BCUT2D eigenvalue weighted by Crippen LogP contribution is 2.26. The van der Waals surface area contributed by atoms with E-state index in [1.165, 1.54) is 9.75 Å². The molecule has 1 aliphatic rings. The van der Waals surface area contributed by atoms with Gasteiger partial charge in [0.1, 0.15) is 0 Å². The van der Waals surface area contributed by atoms with Crippen LogP contribution in [0.2, 0.25) is 0 Å². The van der Waals surface area contributed by atoms with E-state index in [9.17, 15) is 0 Å². The number of thiophene rings is 1. The van der Waals surface area contributed by atoms with Gasteiger partial charge in [0.25, 0.3) is 0 Å². The third-order valence-electron chi connectivity index (χ3n) is 3.55. The van der Waals surface area contributed by atoms with Gasteiger partial charge in [-0.2, -0.15) is 0 Å². The highest BCUT2D eigenvalue weighted by Gasteiger charge is 2.33. The van der Waals surface area contributed by atoms with Crippen LogP contribution in [0.15, 0.2) is 17.1 Å². The zero-order valence-corrected chi connectivity index (χ0v) is 17.1. The number of nitrogens with one attached hydrogen (secondary N) is 2. The summed E-state index contributed by atoms with van der Waals surface area (Å²) in [5, 5.41) is 6.83. The van der Waals surface area contributed by atoms with Gasteiger partial charge in [0, 0.05) is 34.2 Å². The minimum Gasteiger partial charge on any atom is -0.380 e. The molecule has 1 aromatic heterocycles. The molecule has 2 heterocycles. The van der Waals surface area contributed by atoms with E-state index >= 15 is 0 Å². The van der Waals surface area contributed by atoms with Crippen LogP contribution in [0.1, 0.15) is 30.5 Å². The smallest absolute Gasteiger partial charge is 0.191 e. The second kappa shape index (κ2) is 9.08. The Morgan fingerprint density at radius 3 is 2.68 bits per heavy atom. The zero-order chi connectivity index (χ0) is 15.3. The van der Waals surface area contributed by atoms with Crippen LogP contribution in [-0.2, 0) is 11.2 Å². The van der Waals surface area contributed by atoms with E-state index in [4.69, 9.17) is 9.73 Å². The predicted molar refractivity (Wildman–Crippen MR) is 106 cm³/mol. The van der Waals surface area contributed by atoms with Crippen molar-refractivity contribution in [2.24, 2.45) is 10.4 Å². The zero-order valence-electron chi connectivity index (χ0n) is 13.9. The van der Waals surface area contributed by atoms with Crippen molar-refractivity contribution in [1.82, 2.24) is 10.6 Å². The van der Waals surface area contributed by atoms with Crippen molar-refractivity contribution in [1.29, 1.82) is 0 Å². The van der Waals surface area contributed by atoms with Crippen LogP contribution in [0, 0.1) is 12.3 Å². The SMILES string of the molecule is CCNC(=NCC1(C)COC1)NC(C)Cc1ccc(C)s1.I. The van der Waals surface area contributed by atoms with Gasteiger partial charge in [-0.25, -0.2) is 0 Å². The van der Waals surface area contributed by atoms with Crippen molar-refractivity contribution in [3.05, 3.63) is 21.9 Å². The Bertz CT molecular complexity index is 485. The number of halogens is 1. The Hall–Kier alpha value is -0.340. The summed E-state index contributed by atoms with van der Waals surface area (Å²) in [5.74, 6) is 0.909. The quantitative estimate of drug-likeness (QED) is 0.408. The number of nitrogens with zero attached hydrogens (tertiary/aromatic N) is 1. The van der Waals surface area contributed by atoms with Gasteiger partial charge in [-0.3, -0.25) is 4.99 Å². The van der Waals surface area contributed by atoms with Crippen LogP contribution in [0.4, 0.5) is 0 Å². The van der Waals surface area contributed by atoms with Crippen molar-refractivity contribution in [3.8, 4) is 0 Å². The molecule has 2 rings (SSSR count). The number of ether oxygens (including phenoxy) is 1. The van der Waals surface area contributed by atoms with E-state index in [1.807, 2.05) is 11.3 Å². The lowest BCUT2D eigenvalue weighted by molar-refractivity contribution is -0.0945. The Labute approximate surface area is 155 Å². The first kappa shape index (κ1) is 19.7. The molecule has 1 unspecified atom stereocenters. The van der Waals surface area contributed by atoms with Crippen LogP contribution in [0.25, 0.3) is 0 Å². The first-order chi connectivity index (χ1) is 10.0. The van der Waals surface area contributed by atoms with Crippen LogP contribution in [-0.4, -0.2) is 38.3 Å². The number of rotatable bonds is 6. The molecule has 22 heavy (non-hydrogen) atoms. The van der Waals surface area contributed by atoms with Crippen molar-refractivity contribution in [2.75, 3.05) is 26.3 Å². The topological polar surface area (TPSA) is 45.7 Å². The lowest BCUT2D eigenvalue weighted by atomic mass is 9.89. The average molecular weight is 437 g/mol. The molecule has 0 amide bonds. The second-order valence-corrected chi connectivity index (χ2v) is 7.63. The summed E-state index contributed by atoms with van der Waals surface area (Å²) < 4.78 is 5.28. The Balaban J connectivity index is 0.00000242. The van der Waals surface area contributed by atoms with Gasteiger partial charge in [-0.1, -0.05) is 6.92 Å². The number of aryl methyl sites for hydroxylation is 1. The van der Waals surface area contributed by atoms with E-state index in [1.54, 1.807) is 0 Å². The molecule has 1 fully saturated rings. The van der Waals surface area contributed by atoms with Crippen LogP contribution in [0.5, 0.6) is 0 Å². The first-order valence-corrected chi connectivity index (χ1v) is 8.50. The van der Waals surface area contributed by atoms with Gasteiger partial charge in [0.05, 0.1) is 19.8 Å². The molecule has 6 heteroatoms. The maximum Gasteiger partial charge on any atom is 0.191 e. The summed E-state index contributed by atoms with van der Waals surface area (Å²) in [6.07, 6.45) is 1.03. The van der Waals surface area contributed by atoms with E-state index in [2.05, 4.69) is 50.5 Å². The molecule has 1 atom stereocenters. The molecule has 0 spiro atoms. The summed E-state index contributed by atoms with van der Waals surface area (Å²) in [7, 11) is 0. The second-order valence-electron chi connectivity index (χ2n) is 6.26. The third kappa shape index (κ3) is 6.04. The molecule has 0 aliphatic carbocycles. The lowest BCUT2D eigenvalue weighted by Crippen LogP contribution is -2.46. The number of aliphatic imine (C=N–C) groups is 1. The van der Waals surface area contributed by atoms with Crippen molar-refractivity contribution in [2.45, 2.75) is 40.2 Å². The first-order valence-electron chi connectivity index (χ1n) is 7.69. The third-order valence-corrected chi connectivity index (χ3v) is 4.57. The maximum atomic E-state index is 5.28. The highest BCUT2D eigenvalue weighted by atomic mass is 127. The summed E-state index contributed by atoms with van der Waals surface area (Å²) in [5.41, 5.74) is 0.219. The summed E-state index contributed by atoms with van der Waals surface area (Å²) in [6, 6.07) is 4.77. The molecule has 4 nitrogen and oxygen atoms in total. The fraction of sp³-hybridized carbons (Fsp3) is 0.688. The molecule has 0 aromatic carbocycles. The van der Waals surface area contributed by atoms with Gasteiger partial charge < -0.3 is 15.4 Å². The minimum atomic E-state index is 0. The van der Waals surface area contributed by atoms with Gasteiger partial charge in [0.15, 0.2) is 5.96 Å². The van der Waals surface area contributed by atoms with Gasteiger partial charge in [0.2, 0.25) is 0 Å². The van der Waals surface area contributed by atoms with Crippen molar-refractivity contribution in [3.63, 3.8) is 0 Å². The summed E-state index contributed by atoms with van der Waals surface area (Å²) in [6.45, 7) is 12.0. The highest BCUT2D eigenvalue weighted by molar-refractivity contribution is 14.0. The van der Waals surface area contributed by atoms with Crippen molar-refractivity contribution >= 4 is 41.3 Å². The summed E-state index contributed by atoms with van der Waals surface area (Å²) in [4.78, 5) is 7.50. The Morgan fingerprint density at radius 1 is 1.45 bits per heavy atom. The van der Waals surface area contributed by atoms with E-state index in [0.717, 1.165) is 38.7 Å². The molecule has 1 aliphatic heterocycles. The fourth-order valence-corrected chi connectivity index (χ4v) is 3.33. The van der Waals surface area contributed by atoms with Crippen LogP contribution in [0.3, 0.4) is 0 Å². The molecular weight excluding hydrogens is 409 g/mol. The molecule has 1 saturated heterocycles. The number of hydrogen-bond donors (Lipinski definition) is 2. The standard InChI is InChI=1S/C16H27N3OS.HI/c1-5-17-15(18-9-16(4)10-20-11-16)19-12(2)8-14-7-6-13(3)21-14;/h6-7,12H,5,8-11H2,1-4H3,(H2,17,18,19);1H. The van der Waals surface area contributed by atoms with Crippen LogP contribution >= 0.6 is 35.3 Å². The molecule has 0 bridgehead atoms. The van der Waals surface area contributed by atoms with Gasteiger partial charge >= 0.3 is 0 Å². The molecule has 0 radical (unpaired) electrons. The summed E-state index contributed by atoms with van der Waals surface area (Å²) >= 11 is 1.87. The molecule has 1 aromatic rings. The lowest BCUT2D eigenvalue weighted by Gasteiger charge is -2.36. The predicted octanol–water partition coefficient (Wildman–Crippen LogP) is 3.20. The molecule has 126 valence electrons. The molecule has 2 N–H and O–H groups in total. The monoisotopic (exact) mass is 437 g/mol. The molecule has 0 saturated carbocycles. The van der Waals surface area contributed by atoms with E-state index in [0.29, 0.717) is 6.04 Å². The Morgan fingerprint density at radius 2 is 2.18 bits per heavy atom. The number of hydrogen-bond acceptors (Lipinski definition) is 3. The number of guanidine groups is 1. The Kier molecular flexibility index (Phi) is 8.13. The van der Waals surface area contributed by atoms with E-state index < -0.39 is 0 Å². The van der Waals surface area contributed by atoms with Gasteiger partial charge in [-0.05, 0) is 32.9 Å². The average Bonchev–Trinajstić information content (AvgIpc) is 2.79. The molecular formula is C16H28IN3OS. The van der Waals surface area contributed by atoms with Crippen LogP contribution < -0.4 is 10.6 Å². The van der Waals surface area contributed by atoms with E-state index in [-0.39, 0.29) is 29.4 Å². The van der Waals surface area contributed by atoms with Gasteiger partial charge in [-0.15, -0.1) is 35.3 Å².